The van der Waals surface area contributed by atoms with E-state index >= 15 is 0 Å². The second kappa shape index (κ2) is 4.16. The molecular weight excluding hydrogens is 234 g/mol. The predicted molar refractivity (Wildman–Crippen MR) is 54.2 cm³/mol. The molecule has 0 fully saturated rings. The molecule has 0 saturated heterocycles. The minimum absolute atomic E-state index is 0.482. The Morgan fingerprint density at radius 2 is 2.23 bits per heavy atom. The number of azide groups is 1. The van der Waals surface area contributed by atoms with Crippen LogP contribution in [0.25, 0.3) is 10.4 Å². The van der Waals surface area contributed by atoms with E-state index in [1.165, 1.54) is 7.11 Å². The maximum Gasteiger partial charge on any atom is 0.129 e. The molecule has 0 aliphatic carbocycles. The van der Waals surface area contributed by atoms with Crippen LogP contribution in [0, 0.1) is 6.92 Å². The molecule has 0 bridgehead atoms. The summed E-state index contributed by atoms with van der Waals surface area (Å²) in [6.45, 7) is 1.94. The summed E-state index contributed by atoms with van der Waals surface area (Å²) in [5.74, 6) is 0.574. The average Bonchev–Trinajstić information content (AvgIpc) is 2.09. The molecule has 1 aromatic rings. The lowest BCUT2D eigenvalue weighted by Gasteiger charge is -2.06. The van der Waals surface area contributed by atoms with E-state index in [2.05, 4.69) is 26.0 Å². The van der Waals surface area contributed by atoms with Gasteiger partial charge in [-0.1, -0.05) is 21.0 Å². The van der Waals surface area contributed by atoms with Gasteiger partial charge in [-0.05, 0) is 30.2 Å². The van der Waals surface area contributed by atoms with E-state index in [1.54, 1.807) is 0 Å². The lowest BCUT2D eigenvalue weighted by Crippen LogP contribution is -1.85. The summed E-state index contributed by atoms with van der Waals surface area (Å²) in [5, 5.41) is 3.53. The van der Waals surface area contributed by atoms with Crippen LogP contribution in [-0.4, -0.2) is 7.11 Å². The second-order valence-electron chi connectivity index (χ2n) is 2.49. The fourth-order valence-electron chi connectivity index (χ4n) is 1.00. The van der Waals surface area contributed by atoms with Gasteiger partial charge in [0.1, 0.15) is 5.75 Å². The fourth-order valence-corrected chi connectivity index (χ4v) is 1.64. The van der Waals surface area contributed by atoms with Gasteiger partial charge >= 0.3 is 0 Å². The van der Waals surface area contributed by atoms with Crippen LogP contribution in [0.15, 0.2) is 21.7 Å². The predicted octanol–water partition coefficient (Wildman–Crippen LogP) is 3.71. The summed E-state index contributed by atoms with van der Waals surface area (Å²) >= 11 is 3.29. The van der Waals surface area contributed by atoms with E-state index in [0.29, 0.717) is 11.4 Å². The smallest absolute Gasteiger partial charge is 0.129 e. The number of aryl methyl sites for hydroxylation is 1. The van der Waals surface area contributed by atoms with Crippen LogP contribution >= 0.6 is 15.9 Å². The number of methoxy groups -OCH3 is 1. The SMILES string of the molecule is COc1cc(C)cc(Br)c1N=[N+]=[N-]. The van der Waals surface area contributed by atoms with Crippen molar-refractivity contribution in [2.45, 2.75) is 6.92 Å². The van der Waals surface area contributed by atoms with Gasteiger partial charge in [0, 0.05) is 9.38 Å². The van der Waals surface area contributed by atoms with E-state index in [-0.39, 0.29) is 0 Å². The summed E-state index contributed by atoms with van der Waals surface area (Å²) in [6.07, 6.45) is 0. The second-order valence-corrected chi connectivity index (χ2v) is 3.34. The summed E-state index contributed by atoms with van der Waals surface area (Å²) in [5.41, 5.74) is 9.84. The van der Waals surface area contributed by atoms with E-state index in [1.807, 2.05) is 19.1 Å². The summed E-state index contributed by atoms with van der Waals surface area (Å²) in [6, 6.07) is 3.68. The van der Waals surface area contributed by atoms with Crippen molar-refractivity contribution in [3.63, 3.8) is 0 Å². The standard InChI is InChI=1S/C8H8BrN3O/c1-5-3-6(9)8(11-12-10)7(4-5)13-2/h3-4H,1-2H3. The zero-order valence-electron chi connectivity index (χ0n) is 7.28. The van der Waals surface area contributed by atoms with Crippen LogP contribution in [0.3, 0.4) is 0 Å². The number of benzene rings is 1. The van der Waals surface area contributed by atoms with Crippen molar-refractivity contribution in [1.82, 2.24) is 0 Å². The van der Waals surface area contributed by atoms with Gasteiger partial charge < -0.3 is 4.74 Å². The first-order chi connectivity index (χ1) is 6.19. The molecule has 68 valence electrons. The summed E-state index contributed by atoms with van der Waals surface area (Å²) in [7, 11) is 1.54. The van der Waals surface area contributed by atoms with Crippen molar-refractivity contribution in [1.29, 1.82) is 0 Å². The molecule has 0 unspecified atom stereocenters. The Morgan fingerprint density at radius 1 is 1.54 bits per heavy atom. The van der Waals surface area contributed by atoms with Gasteiger partial charge in [0.2, 0.25) is 0 Å². The van der Waals surface area contributed by atoms with Gasteiger partial charge in [-0.15, -0.1) is 0 Å². The fraction of sp³-hybridized carbons (Fsp3) is 0.250. The molecule has 5 heteroatoms. The van der Waals surface area contributed by atoms with Crippen molar-refractivity contribution in [2.75, 3.05) is 7.11 Å². The normalized spacial score (nSPS) is 9.15. The molecule has 1 aromatic carbocycles. The molecule has 0 heterocycles. The van der Waals surface area contributed by atoms with Gasteiger partial charge in [-0.3, -0.25) is 0 Å². The molecule has 13 heavy (non-hydrogen) atoms. The van der Waals surface area contributed by atoms with Crippen molar-refractivity contribution < 1.29 is 4.74 Å². The molecule has 0 atom stereocenters. The van der Waals surface area contributed by atoms with Crippen LogP contribution in [-0.2, 0) is 0 Å². The number of ether oxygens (including phenoxy) is 1. The van der Waals surface area contributed by atoms with Crippen molar-refractivity contribution in [2.24, 2.45) is 5.11 Å². The Hall–Kier alpha value is -1.19. The quantitative estimate of drug-likeness (QED) is 0.443. The molecule has 1 rings (SSSR count). The van der Waals surface area contributed by atoms with Crippen LogP contribution < -0.4 is 4.74 Å². The lowest BCUT2D eigenvalue weighted by atomic mass is 10.2. The topological polar surface area (TPSA) is 58.0 Å². The third-order valence-corrected chi connectivity index (χ3v) is 2.14. The van der Waals surface area contributed by atoms with Crippen LogP contribution in [0.2, 0.25) is 0 Å². The molecule has 0 radical (unpaired) electrons. The van der Waals surface area contributed by atoms with Gasteiger partial charge in [0.15, 0.2) is 0 Å². The van der Waals surface area contributed by atoms with Crippen molar-refractivity contribution in [3.05, 3.63) is 32.6 Å². The van der Waals surface area contributed by atoms with E-state index < -0.39 is 0 Å². The Labute approximate surface area is 84.3 Å². The minimum atomic E-state index is 0.482. The van der Waals surface area contributed by atoms with Crippen molar-refractivity contribution >= 4 is 21.6 Å². The van der Waals surface area contributed by atoms with E-state index in [4.69, 9.17) is 10.3 Å². The Morgan fingerprint density at radius 3 is 2.77 bits per heavy atom. The number of rotatable bonds is 2. The average molecular weight is 242 g/mol. The molecular formula is C8H8BrN3O. The molecule has 0 aliphatic heterocycles. The number of halogens is 1. The number of hydrogen-bond donors (Lipinski definition) is 0. The van der Waals surface area contributed by atoms with Gasteiger partial charge in [0.25, 0.3) is 0 Å². The van der Waals surface area contributed by atoms with Gasteiger partial charge in [-0.2, -0.15) is 0 Å². The number of nitrogens with zero attached hydrogens (tertiary/aromatic N) is 3. The summed E-state index contributed by atoms with van der Waals surface area (Å²) in [4.78, 5) is 2.72. The molecule has 0 aromatic heterocycles. The first kappa shape index (κ1) is 9.89. The van der Waals surface area contributed by atoms with Gasteiger partial charge in [0.05, 0.1) is 12.8 Å². The minimum Gasteiger partial charge on any atom is -0.496 e. The number of hydrogen-bond acceptors (Lipinski definition) is 2. The van der Waals surface area contributed by atoms with Gasteiger partial charge in [-0.25, -0.2) is 0 Å². The third-order valence-electron chi connectivity index (χ3n) is 1.54. The zero-order chi connectivity index (χ0) is 9.84. The first-order valence-electron chi connectivity index (χ1n) is 3.58. The highest BCUT2D eigenvalue weighted by Gasteiger charge is 2.05. The highest BCUT2D eigenvalue weighted by atomic mass is 79.9. The monoisotopic (exact) mass is 241 g/mol. The summed E-state index contributed by atoms with van der Waals surface area (Å²) < 4.78 is 5.80. The van der Waals surface area contributed by atoms with Crippen LogP contribution in [0.4, 0.5) is 5.69 Å². The molecule has 0 aliphatic rings. The molecule has 0 amide bonds. The Bertz CT molecular complexity index is 372. The largest absolute Gasteiger partial charge is 0.496 e. The highest BCUT2D eigenvalue weighted by Crippen LogP contribution is 2.36. The van der Waals surface area contributed by atoms with Crippen molar-refractivity contribution in [3.8, 4) is 5.75 Å². The molecule has 4 nitrogen and oxygen atoms in total. The van der Waals surface area contributed by atoms with E-state index in [9.17, 15) is 0 Å². The van der Waals surface area contributed by atoms with Crippen LogP contribution in [0.1, 0.15) is 5.56 Å². The highest BCUT2D eigenvalue weighted by molar-refractivity contribution is 9.10. The zero-order valence-corrected chi connectivity index (χ0v) is 8.87. The Kier molecular flexibility index (Phi) is 3.17. The molecule has 0 N–H and O–H groups in total. The molecule has 0 saturated carbocycles. The lowest BCUT2D eigenvalue weighted by molar-refractivity contribution is 0.415. The van der Waals surface area contributed by atoms with Crippen LogP contribution in [0.5, 0.6) is 5.75 Å². The third kappa shape index (κ3) is 2.14. The molecule has 0 spiro atoms. The first-order valence-corrected chi connectivity index (χ1v) is 4.37. The Balaban J connectivity index is 3.37. The maximum absolute atomic E-state index is 8.32. The maximum atomic E-state index is 8.32. The van der Waals surface area contributed by atoms with E-state index in [0.717, 1.165) is 10.0 Å².